The average Bonchev–Trinajstić information content (AvgIpc) is 2.61. The summed E-state index contributed by atoms with van der Waals surface area (Å²) in [5.41, 5.74) is 1.39. The number of carbonyl (C=O) groups excluding carboxylic acids is 1. The molecule has 1 aliphatic heterocycles. The van der Waals surface area contributed by atoms with Gasteiger partial charge in [-0.3, -0.25) is 4.79 Å². The number of carbonyl (C=O) groups is 1. The highest BCUT2D eigenvalue weighted by Gasteiger charge is 2.21. The molecule has 25 heavy (non-hydrogen) atoms. The third-order valence-corrected chi connectivity index (χ3v) is 3.63. The molecule has 2 N–H and O–H groups in total. The molecule has 0 radical (unpaired) electrons. The minimum Gasteiger partial charge on any atom is -0.489 e. The third kappa shape index (κ3) is 5.70. The Bertz CT molecular complexity index is 708. The average molecular weight is 367 g/mol. The molecule has 0 saturated carbocycles. The van der Waals surface area contributed by atoms with E-state index in [-0.39, 0.29) is 36.8 Å². The molecule has 0 aliphatic carbocycles. The highest BCUT2D eigenvalue weighted by molar-refractivity contribution is 5.95. The van der Waals surface area contributed by atoms with Crippen molar-refractivity contribution in [1.82, 2.24) is 5.32 Å². The van der Waals surface area contributed by atoms with E-state index in [1.807, 2.05) is 0 Å². The van der Waals surface area contributed by atoms with Crippen molar-refractivity contribution in [2.75, 3.05) is 25.1 Å². The van der Waals surface area contributed by atoms with Gasteiger partial charge in [0.25, 0.3) is 0 Å². The molecule has 1 aliphatic rings. The lowest BCUT2D eigenvalue weighted by molar-refractivity contribution is -0.120. The van der Waals surface area contributed by atoms with E-state index < -0.39 is 0 Å². The second-order valence-corrected chi connectivity index (χ2v) is 5.52. The van der Waals surface area contributed by atoms with Gasteiger partial charge in [0.2, 0.25) is 5.91 Å². The van der Waals surface area contributed by atoms with Crippen molar-refractivity contribution in [2.24, 2.45) is 0 Å². The summed E-state index contributed by atoms with van der Waals surface area (Å²) in [6.45, 7) is 1.90. The van der Waals surface area contributed by atoms with Crippen molar-refractivity contribution in [3.05, 3.63) is 59.9 Å². The number of amides is 1. The summed E-state index contributed by atoms with van der Waals surface area (Å²) in [4.78, 5) is 12.2. The maximum atomic E-state index is 13.2. The summed E-state index contributed by atoms with van der Waals surface area (Å²) < 4.78 is 24.1. The minimum absolute atomic E-state index is 0. The van der Waals surface area contributed by atoms with Gasteiger partial charge in [0.05, 0.1) is 13.2 Å². The summed E-state index contributed by atoms with van der Waals surface area (Å²) in [7, 11) is 0. The molecule has 3 rings (SSSR count). The van der Waals surface area contributed by atoms with Crippen LogP contribution < -0.4 is 15.4 Å². The van der Waals surface area contributed by atoms with Crippen LogP contribution in [0.5, 0.6) is 5.75 Å². The van der Waals surface area contributed by atoms with Gasteiger partial charge in [0.1, 0.15) is 24.2 Å². The number of halogens is 2. The van der Waals surface area contributed by atoms with Crippen LogP contribution in [0.4, 0.5) is 10.1 Å². The minimum atomic E-state index is -0.351. The predicted molar refractivity (Wildman–Crippen MR) is 95.7 cm³/mol. The van der Waals surface area contributed by atoms with E-state index in [9.17, 15) is 9.18 Å². The highest BCUT2D eigenvalue weighted by Crippen LogP contribution is 2.19. The van der Waals surface area contributed by atoms with Gasteiger partial charge >= 0.3 is 0 Å². The third-order valence-electron chi connectivity index (χ3n) is 3.63. The fourth-order valence-electron chi connectivity index (χ4n) is 2.42. The molecular weight excluding hydrogens is 347 g/mol. The molecule has 1 heterocycles. The van der Waals surface area contributed by atoms with E-state index in [4.69, 9.17) is 9.47 Å². The van der Waals surface area contributed by atoms with Gasteiger partial charge in [-0.25, -0.2) is 4.39 Å². The molecule has 1 atom stereocenters. The summed E-state index contributed by atoms with van der Waals surface area (Å²) in [5.74, 6) is 0.168. The van der Waals surface area contributed by atoms with Crippen molar-refractivity contribution >= 4 is 24.0 Å². The lowest BCUT2D eigenvalue weighted by Crippen LogP contribution is -2.48. The molecule has 1 amide bonds. The molecule has 0 aromatic heterocycles. The van der Waals surface area contributed by atoms with E-state index in [0.29, 0.717) is 31.2 Å². The molecule has 1 saturated heterocycles. The molecular formula is C18H20ClFN2O3. The number of hydrogen-bond acceptors (Lipinski definition) is 4. The Morgan fingerprint density at radius 1 is 1.28 bits per heavy atom. The van der Waals surface area contributed by atoms with Gasteiger partial charge in [-0.1, -0.05) is 18.2 Å². The van der Waals surface area contributed by atoms with Crippen molar-refractivity contribution in [3.63, 3.8) is 0 Å². The summed E-state index contributed by atoms with van der Waals surface area (Å²) in [6, 6.07) is 13.0. The SMILES string of the molecule is Cl.O=C(Nc1cccc(OCc2cccc(F)c2)c1)C1COCCN1. The molecule has 5 nitrogen and oxygen atoms in total. The van der Waals surface area contributed by atoms with Crippen LogP contribution in [0, 0.1) is 5.82 Å². The molecule has 0 bridgehead atoms. The number of nitrogens with one attached hydrogen (secondary N) is 2. The van der Waals surface area contributed by atoms with Gasteiger partial charge in [-0.05, 0) is 29.8 Å². The maximum absolute atomic E-state index is 13.2. The largest absolute Gasteiger partial charge is 0.489 e. The molecule has 1 unspecified atom stereocenters. The zero-order valence-corrected chi connectivity index (χ0v) is 14.4. The van der Waals surface area contributed by atoms with E-state index in [2.05, 4.69) is 10.6 Å². The first-order chi connectivity index (χ1) is 11.7. The Morgan fingerprint density at radius 2 is 2.12 bits per heavy atom. The van der Waals surface area contributed by atoms with Crippen molar-refractivity contribution in [1.29, 1.82) is 0 Å². The molecule has 1 fully saturated rings. The predicted octanol–water partition coefficient (Wildman–Crippen LogP) is 2.75. The first kappa shape index (κ1) is 19.2. The highest BCUT2D eigenvalue weighted by atomic mass is 35.5. The Balaban J connectivity index is 0.00000225. The number of hydrogen-bond donors (Lipinski definition) is 2. The second-order valence-electron chi connectivity index (χ2n) is 5.52. The van der Waals surface area contributed by atoms with Gasteiger partial charge < -0.3 is 20.1 Å². The van der Waals surface area contributed by atoms with E-state index in [0.717, 1.165) is 5.56 Å². The maximum Gasteiger partial charge on any atom is 0.243 e. The lowest BCUT2D eigenvalue weighted by atomic mass is 10.2. The number of morpholine rings is 1. The Labute approximate surface area is 151 Å². The Hall–Kier alpha value is -2.15. The summed E-state index contributed by atoms with van der Waals surface area (Å²) in [5, 5.41) is 5.94. The molecule has 2 aromatic carbocycles. The molecule has 7 heteroatoms. The topological polar surface area (TPSA) is 59.6 Å². The van der Waals surface area contributed by atoms with Crippen LogP contribution in [-0.4, -0.2) is 31.7 Å². The van der Waals surface area contributed by atoms with Crippen LogP contribution in [0.3, 0.4) is 0 Å². The normalized spacial score (nSPS) is 16.6. The van der Waals surface area contributed by atoms with Gasteiger partial charge in [0, 0.05) is 18.3 Å². The standard InChI is InChI=1S/C18H19FN2O3.ClH/c19-14-4-1-3-13(9-14)11-24-16-6-2-5-15(10-16)21-18(22)17-12-23-8-7-20-17;/h1-6,9-10,17,20H,7-8,11-12H2,(H,21,22);1H. The summed E-state index contributed by atoms with van der Waals surface area (Å²) >= 11 is 0. The van der Waals surface area contributed by atoms with Crippen molar-refractivity contribution in [3.8, 4) is 5.75 Å². The second kappa shape index (κ2) is 9.36. The first-order valence-electron chi connectivity index (χ1n) is 7.80. The number of anilines is 1. The van der Waals surface area contributed by atoms with Crippen LogP contribution in [0.15, 0.2) is 48.5 Å². The Morgan fingerprint density at radius 3 is 2.88 bits per heavy atom. The fourth-order valence-corrected chi connectivity index (χ4v) is 2.42. The van der Waals surface area contributed by atoms with Crippen LogP contribution in [0.25, 0.3) is 0 Å². The number of ether oxygens (including phenoxy) is 2. The van der Waals surface area contributed by atoms with Crippen molar-refractivity contribution < 1.29 is 18.7 Å². The smallest absolute Gasteiger partial charge is 0.243 e. The van der Waals surface area contributed by atoms with Crippen LogP contribution in [0.1, 0.15) is 5.56 Å². The molecule has 0 spiro atoms. The van der Waals surface area contributed by atoms with Gasteiger partial charge in [-0.15, -0.1) is 12.4 Å². The van der Waals surface area contributed by atoms with Crippen molar-refractivity contribution in [2.45, 2.75) is 12.6 Å². The zero-order valence-electron chi connectivity index (χ0n) is 13.5. The van der Waals surface area contributed by atoms with Crippen LogP contribution >= 0.6 is 12.4 Å². The monoisotopic (exact) mass is 366 g/mol. The summed E-state index contributed by atoms with van der Waals surface area (Å²) in [6.07, 6.45) is 0. The van der Waals surface area contributed by atoms with E-state index in [1.165, 1.54) is 12.1 Å². The first-order valence-corrected chi connectivity index (χ1v) is 7.80. The van der Waals surface area contributed by atoms with Gasteiger partial charge in [-0.2, -0.15) is 0 Å². The lowest BCUT2D eigenvalue weighted by Gasteiger charge is -2.23. The molecule has 2 aromatic rings. The fraction of sp³-hybridized carbons (Fsp3) is 0.278. The quantitative estimate of drug-likeness (QED) is 0.854. The Kier molecular flexibility index (Phi) is 7.18. The van der Waals surface area contributed by atoms with Crippen LogP contribution in [0.2, 0.25) is 0 Å². The number of benzene rings is 2. The van der Waals surface area contributed by atoms with Gasteiger partial charge in [0.15, 0.2) is 0 Å². The zero-order chi connectivity index (χ0) is 16.8. The molecule has 134 valence electrons. The van der Waals surface area contributed by atoms with E-state index in [1.54, 1.807) is 36.4 Å². The number of rotatable bonds is 5. The van der Waals surface area contributed by atoms with E-state index >= 15 is 0 Å². The van der Waals surface area contributed by atoms with Crippen LogP contribution in [-0.2, 0) is 16.1 Å².